The van der Waals surface area contributed by atoms with Crippen molar-refractivity contribution >= 4 is 39.2 Å². The maximum atomic E-state index is 12.4. The SMILES string of the molecule is O=C(O)C(Cc1ccc(Cl)c(Cl)c1)NS(=O)(=O)c1ccc(OC(F)(F)F)cc1. The lowest BCUT2D eigenvalue weighted by atomic mass is 10.1. The van der Waals surface area contributed by atoms with Crippen molar-refractivity contribution in [3.63, 3.8) is 0 Å². The molecule has 152 valence electrons. The highest BCUT2D eigenvalue weighted by molar-refractivity contribution is 7.89. The van der Waals surface area contributed by atoms with Crippen molar-refractivity contribution in [3.05, 3.63) is 58.1 Å². The monoisotopic (exact) mass is 457 g/mol. The van der Waals surface area contributed by atoms with Crippen molar-refractivity contribution in [1.29, 1.82) is 0 Å². The lowest BCUT2D eigenvalue weighted by Crippen LogP contribution is -2.42. The highest BCUT2D eigenvalue weighted by Gasteiger charge is 2.31. The minimum Gasteiger partial charge on any atom is -0.480 e. The van der Waals surface area contributed by atoms with Gasteiger partial charge in [-0.15, -0.1) is 13.2 Å². The first-order valence-electron chi connectivity index (χ1n) is 7.42. The topological polar surface area (TPSA) is 92.7 Å². The summed E-state index contributed by atoms with van der Waals surface area (Å²) in [5.41, 5.74) is 0.415. The third kappa shape index (κ3) is 6.26. The number of carboxylic acids is 1. The molecule has 1 unspecified atom stereocenters. The van der Waals surface area contributed by atoms with Gasteiger partial charge in [-0.3, -0.25) is 4.79 Å². The highest BCUT2D eigenvalue weighted by atomic mass is 35.5. The summed E-state index contributed by atoms with van der Waals surface area (Å²) in [6, 6.07) is 6.11. The maximum absolute atomic E-state index is 12.4. The van der Waals surface area contributed by atoms with Crippen molar-refractivity contribution in [2.45, 2.75) is 23.7 Å². The standard InChI is InChI=1S/C16H12Cl2F3NO5S/c17-12-6-1-9(7-13(12)18)8-14(15(23)24)22-28(25,26)11-4-2-10(3-5-11)27-16(19,20)21/h1-7,14,22H,8H2,(H,23,24). The molecule has 2 aromatic carbocycles. The van der Waals surface area contributed by atoms with Crippen LogP contribution < -0.4 is 9.46 Å². The Balaban J connectivity index is 2.18. The number of benzene rings is 2. The van der Waals surface area contributed by atoms with Crippen LogP contribution in [-0.2, 0) is 21.2 Å². The quantitative estimate of drug-likeness (QED) is 0.658. The number of sulfonamides is 1. The molecule has 0 radical (unpaired) electrons. The van der Waals surface area contributed by atoms with Crippen molar-refractivity contribution < 1.29 is 36.2 Å². The van der Waals surface area contributed by atoms with Crippen LogP contribution >= 0.6 is 23.2 Å². The minimum absolute atomic E-state index is 0.173. The van der Waals surface area contributed by atoms with Crippen LogP contribution in [0.1, 0.15) is 5.56 Å². The van der Waals surface area contributed by atoms with Crippen LogP contribution in [-0.4, -0.2) is 31.9 Å². The molecule has 12 heteroatoms. The van der Waals surface area contributed by atoms with E-state index < -0.39 is 39.0 Å². The molecule has 0 aliphatic carbocycles. The smallest absolute Gasteiger partial charge is 0.480 e. The highest BCUT2D eigenvalue weighted by Crippen LogP contribution is 2.25. The molecule has 0 amide bonds. The summed E-state index contributed by atoms with van der Waals surface area (Å²) < 4.78 is 66.9. The Morgan fingerprint density at radius 2 is 1.71 bits per heavy atom. The Hall–Kier alpha value is -2.01. The van der Waals surface area contributed by atoms with Crippen molar-refractivity contribution in [2.24, 2.45) is 0 Å². The van der Waals surface area contributed by atoms with Gasteiger partial charge in [0, 0.05) is 0 Å². The fourth-order valence-electron chi connectivity index (χ4n) is 2.16. The molecule has 2 aromatic rings. The Morgan fingerprint density at radius 1 is 1.11 bits per heavy atom. The van der Waals surface area contributed by atoms with Crippen molar-refractivity contribution in [2.75, 3.05) is 0 Å². The summed E-state index contributed by atoms with van der Waals surface area (Å²) in [5.74, 6) is -2.07. The molecule has 0 heterocycles. The molecular formula is C16H12Cl2F3NO5S. The molecule has 0 aliphatic rings. The molecule has 0 bridgehead atoms. The fourth-order valence-corrected chi connectivity index (χ4v) is 3.67. The maximum Gasteiger partial charge on any atom is 0.573 e. The van der Waals surface area contributed by atoms with Gasteiger partial charge >= 0.3 is 12.3 Å². The van der Waals surface area contributed by atoms with Gasteiger partial charge in [0.05, 0.1) is 14.9 Å². The van der Waals surface area contributed by atoms with E-state index in [4.69, 9.17) is 23.2 Å². The zero-order chi connectivity index (χ0) is 21.1. The van der Waals surface area contributed by atoms with Gasteiger partial charge in [0.2, 0.25) is 10.0 Å². The molecule has 0 aliphatic heterocycles. The second-order valence-electron chi connectivity index (χ2n) is 5.48. The summed E-state index contributed by atoms with van der Waals surface area (Å²) in [5, 5.41) is 9.73. The van der Waals surface area contributed by atoms with Gasteiger partial charge in [0.1, 0.15) is 11.8 Å². The van der Waals surface area contributed by atoms with Gasteiger partial charge in [0.25, 0.3) is 0 Å². The fraction of sp³-hybridized carbons (Fsp3) is 0.188. The van der Waals surface area contributed by atoms with Gasteiger partial charge in [-0.05, 0) is 48.4 Å². The first kappa shape index (κ1) is 22.3. The van der Waals surface area contributed by atoms with E-state index in [-0.39, 0.29) is 16.5 Å². The van der Waals surface area contributed by atoms with E-state index in [1.54, 1.807) is 0 Å². The number of carboxylic acid groups (broad SMARTS) is 1. The number of hydrogen-bond acceptors (Lipinski definition) is 4. The summed E-state index contributed by atoms with van der Waals surface area (Å²) in [6.07, 6.45) is -5.16. The second kappa shape index (κ2) is 8.56. The Kier molecular flexibility index (Phi) is 6.81. The zero-order valence-electron chi connectivity index (χ0n) is 13.7. The third-order valence-electron chi connectivity index (χ3n) is 3.39. The molecular weight excluding hydrogens is 446 g/mol. The van der Waals surface area contributed by atoms with Gasteiger partial charge in [-0.25, -0.2) is 8.42 Å². The van der Waals surface area contributed by atoms with E-state index in [0.717, 1.165) is 24.3 Å². The first-order valence-corrected chi connectivity index (χ1v) is 9.66. The predicted molar refractivity (Wildman–Crippen MR) is 95.0 cm³/mol. The van der Waals surface area contributed by atoms with Crippen LogP contribution in [0.25, 0.3) is 0 Å². The van der Waals surface area contributed by atoms with Crippen LogP contribution in [0.4, 0.5) is 13.2 Å². The summed E-state index contributed by atoms with van der Waals surface area (Å²) in [4.78, 5) is 11.0. The van der Waals surface area contributed by atoms with Crippen LogP contribution in [0.5, 0.6) is 5.75 Å². The first-order chi connectivity index (χ1) is 12.9. The summed E-state index contributed by atoms with van der Waals surface area (Å²) in [6.45, 7) is 0. The largest absolute Gasteiger partial charge is 0.573 e. The molecule has 0 fully saturated rings. The molecule has 0 spiro atoms. The lowest BCUT2D eigenvalue weighted by molar-refractivity contribution is -0.274. The summed E-state index contributed by atoms with van der Waals surface area (Å²) in [7, 11) is -4.33. The Labute approximate surface area is 167 Å². The van der Waals surface area contributed by atoms with Crippen LogP contribution in [0.15, 0.2) is 47.4 Å². The second-order valence-corrected chi connectivity index (χ2v) is 8.01. The van der Waals surface area contributed by atoms with Crippen LogP contribution in [0.3, 0.4) is 0 Å². The number of alkyl halides is 3. The molecule has 0 aromatic heterocycles. The Morgan fingerprint density at radius 3 is 2.21 bits per heavy atom. The lowest BCUT2D eigenvalue weighted by Gasteiger charge is -2.16. The average molecular weight is 458 g/mol. The molecule has 0 saturated carbocycles. The normalized spacial score (nSPS) is 13.2. The van der Waals surface area contributed by atoms with E-state index in [0.29, 0.717) is 5.56 Å². The van der Waals surface area contributed by atoms with Gasteiger partial charge in [-0.2, -0.15) is 4.72 Å². The average Bonchev–Trinajstić information content (AvgIpc) is 2.56. The van der Waals surface area contributed by atoms with E-state index in [1.807, 2.05) is 4.72 Å². The van der Waals surface area contributed by atoms with Gasteiger partial charge < -0.3 is 9.84 Å². The van der Waals surface area contributed by atoms with Crippen LogP contribution in [0.2, 0.25) is 10.0 Å². The number of ether oxygens (including phenoxy) is 1. The van der Waals surface area contributed by atoms with E-state index >= 15 is 0 Å². The molecule has 6 nitrogen and oxygen atoms in total. The Bertz CT molecular complexity index is 965. The third-order valence-corrected chi connectivity index (χ3v) is 5.61. The van der Waals surface area contributed by atoms with Crippen molar-refractivity contribution in [1.82, 2.24) is 4.72 Å². The van der Waals surface area contributed by atoms with Gasteiger partial charge in [0.15, 0.2) is 0 Å². The van der Waals surface area contributed by atoms with E-state index in [2.05, 4.69) is 4.74 Å². The molecule has 2 rings (SSSR count). The molecule has 1 atom stereocenters. The number of carbonyl (C=O) groups is 1. The number of aliphatic carboxylic acids is 1. The molecule has 2 N–H and O–H groups in total. The molecule has 0 saturated heterocycles. The number of halogens is 5. The van der Waals surface area contributed by atoms with Gasteiger partial charge in [-0.1, -0.05) is 29.3 Å². The number of nitrogens with one attached hydrogen (secondary N) is 1. The number of rotatable bonds is 7. The summed E-state index contributed by atoms with van der Waals surface area (Å²) >= 11 is 11.6. The van der Waals surface area contributed by atoms with Crippen LogP contribution in [0, 0.1) is 0 Å². The zero-order valence-corrected chi connectivity index (χ0v) is 16.0. The minimum atomic E-state index is -4.92. The number of hydrogen-bond donors (Lipinski definition) is 2. The van der Waals surface area contributed by atoms with Crippen molar-refractivity contribution in [3.8, 4) is 5.75 Å². The molecule has 28 heavy (non-hydrogen) atoms. The predicted octanol–water partition coefficient (Wildman–Crippen LogP) is 3.87. The van der Waals surface area contributed by atoms with E-state index in [9.17, 15) is 31.5 Å². The van der Waals surface area contributed by atoms with E-state index in [1.165, 1.54) is 18.2 Å².